The third-order valence-electron chi connectivity index (χ3n) is 3.82. The lowest BCUT2D eigenvalue weighted by atomic mass is 9.82. The molecule has 0 amide bonds. The van der Waals surface area contributed by atoms with E-state index < -0.39 is 0 Å². The summed E-state index contributed by atoms with van der Waals surface area (Å²) in [5.41, 5.74) is 1.25. The van der Waals surface area contributed by atoms with Gasteiger partial charge in [0.1, 0.15) is 0 Å². The zero-order chi connectivity index (χ0) is 12.1. The Bertz CT molecular complexity index is 317. The number of hydrogen-bond donors (Lipinski definition) is 1. The zero-order valence-corrected chi connectivity index (χ0v) is 10.9. The molecular weight excluding hydrogens is 210 g/mol. The van der Waals surface area contributed by atoms with Crippen molar-refractivity contribution in [1.82, 2.24) is 15.2 Å². The fraction of sp³-hybridized carbons (Fsp3) is 0.643. The highest BCUT2D eigenvalue weighted by Gasteiger charge is 2.26. The van der Waals surface area contributed by atoms with Gasteiger partial charge in [0.15, 0.2) is 0 Å². The highest BCUT2D eigenvalue weighted by molar-refractivity contribution is 5.11. The molecule has 1 unspecified atom stereocenters. The van der Waals surface area contributed by atoms with E-state index in [4.69, 9.17) is 0 Å². The Morgan fingerprint density at radius 3 is 2.76 bits per heavy atom. The molecule has 1 saturated heterocycles. The first-order valence-corrected chi connectivity index (χ1v) is 6.55. The van der Waals surface area contributed by atoms with Crippen LogP contribution in [-0.2, 0) is 0 Å². The highest BCUT2D eigenvalue weighted by atomic mass is 15.1. The van der Waals surface area contributed by atoms with Crippen molar-refractivity contribution in [3.8, 4) is 0 Å². The van der Waals surface area contributed by atoms with Crippen LogP contribution in [0.15, 0.2) is 24.4 Å². The third-order valence-corrected chi connectivity index (χ3v) is 3.82. The van der Waals surface area contributed by atoms with Gasteiger partial charge in [0.05, 0.1) is 0 Å². The van der Waals surface area contributed by atoms with Gasteiger partial charge in [-0.2, -0.15) is 0 Å². The Kier molecular flexibility index (Phi) is 4.51. The SMILES string of the molecule is CNCC(c1ccccn1)C1CCN(C)CC1. The lowest BCUT2D eigenvalue weighted by Crippen LogP contribution is -2.35. The van der Waals surface area contributed by atoms with Crippen LogP contribution in [0.3, 0.4) is 0 Å². The van der Waals surface area contributed by atoms with E-state index in [2.05, 4.69) is 34.4 Å². The van der Waals surface area contributed by atoms with E-state index >= 15 is 0 Å². The van der Waals surface area contributed by atoms with Gasteiger partial charge in [0.25, 0.3) is 0 Å². The van der Waals surface area contributed by atoms with Crippen molar-refractivity contribution >= 4 is 0 Å². The Labute approximate surface area is 104 Å². The molecule has 3 nitrogen and oxygen atoms in total. The maximum Gasteiger partial charge on any atom is 0.0449 e. The second kappa shape index (κ2) is 6.12. The average molecular weight is 233 g/mol. The molecule has 0 bridgehead atoms. The first-order chi connectivity index (χ1) is 8.31. The summed E-state index contributed by atoms with van der Waals surface area (Å²) in [7, 11) is 4.24. The second-order valence-electron chi connectivity index (χ2n) is 5.06. The predicted octanol–water partition coefficient (Wildman–Crippen LogP) is 1.73. The molecule has 17 heavy (non-hydrogen) atoms. The molecular formula is C14H23N3. The number of piperidine rings is 1. The van der Waals surface area contributed by atoms with Gasteiger partial charge >= 0.3 is 0 Å². The summed E-state index contributed by atoms with van der Waals surface area (Å²) in [5.74, 6) is 1.34. The van der Waals surface area contributed by atoms with Crippen molar-refractivity contribution in [2.45, 2.75) is 18.8 Å². The summed E-state index contributed by atoms with van der Waals surface area (Å²) in [6.45, 7) is 3.47. The molecule has 1 atom stereocenters. The molecule has 0 aliphatic carbocycles. The molecule has 94 valence electrons. The fourth-order valence-electron chi connectivity index (χ4n) is 2.76. The summed E-state index contributed by atoms with van der Waals surface area (Å²) in [5, 5.41) is 3.32. The Hall–Kier alpha value is -0.930. The molecule has 1 fully saturated rings. The summed E-state index contributed by atoms with van der Waals surface area (Å²) >= 11 is 0. The van der Waals surface area contributed by atoms with Crippen molar-refractivity contribution < 1.29 is 0 Å². The van der Waals surface area contributed by atoms with Crippen LogP contribution >= 0.6 is 0 Å². The van der Waals surface area contributed by atoms with E-state index in [1.807, 2.05) is 19.3 Å². The van der Waals surface area contributed by atoms with Gasteiger partial charge < -0.3 is 10.2 Å². The fourth-order valence-corrected chi connectivity index (χ4v) is 2.76. The molecule has 1 N–H and O–H groups in total. The minimum absolute atomic E-state index is 0.565. The Morgan fingerprint density at radius 2 is 2.18 bits per heavy atom. The van der Waals surface area contributed by atoms with Crippen LogP contribution in [0, 0.1) is 5.92 Å². The second-order valence-corrected chi connectivity index (χ2v) is 5.06. The Balaban J connectivity index is 2.07. The number of aromatic nitrogens is 1. The van der Waals surface area contributed by atoms with Gasteiger partial charge in [-0.1, -0.05) is 6.07 Å². The van der Waals surface area contributed by atoms with Crippen LogP contribution in [0.5, 0.6) is 0 Å². The summed E-state index contributed by atoms with van der Waals surface area (Å²) in [6, 6.07) is 6.26. The molecule has 0 saturated carbocycles. The van der Waals surface area contributed by atoms with Crippen molar-refractivity contribution in [1.29, 1.82) is 0 Å². The maximum atomic E-state index is 4.54. The normalized spacial score (nSPS) is 20.4. The molecule has 3 heteroatoms. The van der Waals surface area contributed by atoms with Gasteiger partial charge in [0, 0.05) is 24.4 Å². The zero-order valence-electron chi connectivity index (χ0n) is 10.9. The van der Waals surface area contributed by atoms with Gasteiger partial charge in [-0.15, -0.1) is 0 Å². The van der Waals surface area contributed by atoms with E-state index in [0.717, 1.165) is 12.5 Å². The number of rotatable bonds is 4. The summed E-state index contributed by atoms with van der Waals surface area (Å²) in [4.78, 5) is 6.96. The van der Waals surface area contributed by atoms with Crippen LogP contribution < -0.4 is 5.32 Å². The van der Waals surface area contributed by atoms with Gasteiger partial charge in [-0.3, -0.25) is 4.98 Å². The van der Waals surface area contributed by atoms with E-state index in [9.17, 15) is 0 Å². The molecule has 1 aromatic heterocycles. The highest BCUT2D eigenvalue weighted by Crippen LogP contribution is 2.30. The van der Waals surface area contributed by atoms with Crippen LogP contribution in [0.25, 0.3) is 0 Å². The standard InChI is InChI=1S/C14H23N3/c1-15-11-13(14-5-3-4-8-16-14)12-6-9-17(2)10-7-12/h3-5,8,12-13,15H,6-7,9-11H2,1-2H3. The average Bonchev–Trinajstić information content (AvgIpc) is 2.38. The molecule has 2 rings (SSSR count). The first-order valence-electron chi connectivity index (χ1n) is 6.55. The van der Waals surface area contributed by atoms with Gasteiger partial charge in [0.2, 0.25) is 0 Å². The van der Waals surface area contributed by atoms with Gasteiger partial charge in [-0.05, 0) is 58.1 Å². The minimum atomic E-state index is 0.565. The number of nitrogens with one attached hydrogen (secondary N) is 1. The number of pyridine rings is 1. The molecule has 0 radical (unpaired) electrons. The Morgan fingerprint density at radius 1 is 1.41 bits per heavy atom. The lowest BCUT2D eigenvalue weighted by Gasteiger charge is -2.34. The van der Waals surface area contributed by atoms with Crippen LogP contribution in [-0.4, -0.2) is 43.6 Å². The van der Waals surface area contributed by atoms with Crippen molar-refractivity contribution in [2.75, 3.05) is 33.7 Å². The number of nitrogens with zero attached hydrogens (tertiary/aromatic N) is 2. The minimum Gasteiger partial charge on any atom is -0.319 e. The quantitative estimate of drug-likeness (QED) is 0.858. The maximum absolute atomic E-state index is 4.54. The van der Waals surface area contributed by atoms with Crippen molar-refractivity contribution in [3.05, 3.63) is 30.1 Å². The van der Waals surface area contributed by atoms with E-state index in [1.54, 1.807) is 0 Å². The summed E-state index contributed by atoms with van der Waals surface area (Å²) < 4.78 is 0. The monoisotopic (exact) mass is 233 g/mol. The van der Waals surface area contributed by atoms with E-state index in [0.29, 0.717) is 5.92 Å². The van der Waals surface area contributed by atoms with Crippen LogP contribution in [0.4, 0.5) is 0 Å². The molecule has 0 spiro atoms. The third kappa shape index (κ3) is 3.27. The topological polar surface area (TPSA) is 28.2 Å². The number of likely N-dealkylation sites (N-methyl/N-ethyl adjacent to an activating group) is 1. The largest absolute Gasteiger partial charge is 0.319 e. The predicted molar refractivity (Wildman–Crippen MR) is 71.1 cm³/mol. The van der Waals surface area contributed by atoms with E-state index in [1.165, 1.54) is 31.6 Å². The van der Waals surface area contributed by atoms with Crippen molar-refractivity contribution in [2.24, 2.45) is 5.92 Å². The molecule has 0 aromatic carbocycles. The number of hydrogen-bond acceptors (Lipinski definition) is 3. The van der Waals surface area contributed by atoms with E-state index in [-0.39, 0.29) is 0 Å². The number of likely N-dealkylation sites (tertiary alicyclic amines) is 1. The molecule has 1 aromatic rings. The van der Waals surface area contributed by atoms with Crippen LogP contribution in [0.1, 0.15) is 24.5 Å². The first kappa shape index (κ1) is 12.5. The van der Waals surface area contributed by atoms with Crippen molar-refractivity contribution in [3.63, 3.8) is 0 Å². The van der Waals surface area contributed by atoms with Gasteiger partial charge in [-0.25, -0.2) is 0 Å². The summed E-state index contributed by atoms with van der Waals surface area (Å²) in [6.07, 6.45) is 4.49. The lowest BCUT2D eigenvalue weighted by molar-refractivity contribution is 0.195. The molecule has 1 aliphatic rings. The molecule has 1 aliphatic heterocycles. The van der Waals surface area contributed by atoms with Crippen LogP contribution in [0.2, 0.25) is 0 Å². The smallest absolute Gasteiger partial charge is 0.0449 e. The molecule has 2 heterocycles.